The minimum Gasteiger partial charge on any atom is -0.367 e. The zero-order valence-corrected chi connectivity index (χ0v) is 14.2. The first-order valence-electron chi connectivity index (χ1n) is 8.88. The first-order chi connectivity index (χ1) is 12.5. The average Bonchev–Trinajstić information content (AvgIpc) is 2.93. The molecule has 0 aliphatic carbocycles. The summed E-state index contributed by atoms with van der Waals surface area (Å²) in [6, 6.07) is 0.241. The van der Waals surface area contributed by atoms with E-state index < -0.39 is 29.5 Å². The van der Waals surface area contributed by atoms with Crippen molar-refractivity contribution in [1.82, 2.24) is 10.2 Å². The molecule has 3 amide bonds. The maximum Gasteiger partial charge on any atom is 0.255 e. The molecule has 0 radical (unpaired) electrons. The molecule has 26 heavy (non-hydrogen) atoms. The zero-order chi connectivity index (χ0) is 18.4. The van der Waals surface area contributed by atoms with Crippen molar-refractivity contribution >= 4 is 23.4 Å². The van der Waals surface area contributed by atoms with Gasteiger partial charge in [0.25, 0.3) is 5.91 Å². The van der Waals surface area contributed by atoms with Gasteiger partial charge in [-0.25, -0.2) is 8.78 Å². The number of imide groups is 1. The maximum absolute atomic E-state index is 15.1. The molecular formula is C18H19F2N3O3. The highest BCUT2D eigenvalue weighted by Crippen LogP contribution is 2.36. The van der Waals surface area contributed by atoms with Crippen molar-refractivity contribution in [2.24, 2.45) is 0 Å². The molecule has 6 nitrogen and oxygen atoms in total. The number of hydrogen-bond donors (Lipinski definition) is 1. The minimum absolute atomic E-state index is 0.0366. The second-order valence-electron chi connectivity index (χ2n) is 6.99. The van der Waals surface area contributed by atoms with Crippen LogP contribution in [0.5, 0.6) is 0 Å². The van der Waals surface area contributed by atoms with E-state index in [1.165, 1.54) is 4.90 Å². The summed E-state index contributed by atoms with van der Waals surface area (Å²) < 4.78 is 29.7. The molecule has 0 bridgehead atoms. The molecule has 1 N–H and O–H groups in total. The van der Waals surface area contributed by atoms with Crippen molar-refractivity contribution in [3.05, 3.63) is 28.8 Å². The molecule has 3 heterocycles. The van der Waals surface area contributed by atoms with E-state index in [2.05, 4.69) is 5.32 Å². The van der Waals surface area contributed by atoms with Gasteiger partial charge in [-0.1, -0.05) is 0 Å². The standard InChI is InChI=1S/C18H19F2N3O3/c19-12-8-10-11(15(20)16(12)22-6-2-1-3-7-22)9-23(18(10)26)13-4-5-14(24)21-17(13)25/h8,13H,1-7,9H2,(H,21,24,25). The number of carbonyl (C=O) groups is 3. The summed E-state index contributed by atoms with van der Waals surface area (Å²) in [7, 11) is 0. The molecule has 3 aliphatic heterocycles. The third-order valence-electron chi connectivity index (χ3n) is 5.37. The van der Waals surface area contributed by atoms with Crippen LogP contribution < -0.4 is 10.2 Å². The first-order valence-corrected chi connectivity index (χ1v) is 8.88. The third kappa shape index (κ3) is 2.64. The van der Waals surface area contributed by atoms with Crippen LogP contribution >= 0.6 is 0 Å². The summed E-state index contributed by atoms with van der Waals surface area (Å²) in [5, 5.41) is 2.19. The molecule has 1 atom stereocenters. The fourth-order valence-electron chi connectivity index (χ4n) is 4.03. The second-order valence-corrected chi connectivity index (χ2v) is 6.99. The number of nitrogens with one attached hydrogen (secondary N) is 1. The highest BCUT2D eigenvalue weighted by atomic mass is 19.1. The molecule has 1 aromatic rings. The number of benzene rings is 1. The maximum atomic E-state index is 15.1. The van der Waals surface area contributed by atoms with Crippen molar-refractivity contribution in [3.8, 4) is 0 Å². The lowest BCUT2D eigenvalue weighted by Crippen LogP contribution is -2.52. The summed E-state index contributed by atoms with van der Waals surface area (Å²) >= 11 is 0. The van der Waals surface area contributed by atoms with E-state index in [1.807, 2.05) is 0 Å². The number of amides is 3. The van der Waals surface area contributed by atoms with Gasteiger partial charge in [0.1, 0.15) is 17.5 Å². The summed E-state index contributed by atoms with van der Waals surface area (Å²) in [5.74, 6) is -3.00. The van der Waals surface area contributed by atoms with E-state index in [4.69, 9.17) is 0 Å². The Hall–Kier alpha value is -2.51. The number of nitrogens with zero attached hydrogens (tertiary/aromatic N) is 2. The highest BCUT2D eigenvalue weighted by molar-refractivity contribution is 6.05. The van der Waals surface area contributed by atoms with Crippen LogP contribution in [0.3, 0.4) is 0 Å². The molecule has 2 saturated heterocycles. The Morgan fingerprint density at radius 2 is 1.81 bits per heavy atom. The van der Waals surface area contributed by atoms with Crippen molar-refractivity contribution < 1.29 is 23.2 Å². The van der Waals surface area contributed by atoms with Gasteiger partial charge in [0, 0.05) is 25.1 Å². The van der Waals surface area contributed by atoms with Crippen molar-refractivity contribution in [2.45, 2.75) is 44.7 Å². The van der Waals surface area contributed by atoms with Gasteiger partial charge in [-0.3, -0.25) is 19.7 Å². The number of rotatable bonds is 2. The Kier molecular flexibility index (Phi) is 4.13. The lowest BCUT2D eigenvalue weighted by atomic mass is 10.0. The van der Waals surface area contributed by atoms with Crippen LogP contribution in [-0.4, -0.2) is 41.8 Å². The number of halogens is 2. The van der Waals surface area contributed by atoms with E-state index >= 15 is 4.39 Å². The van der Waals surface area contributed by atoms with Gasteiger partial charge in [-0.15, -0.1) is 0 Å². The molecule has 0 aromatic heterocycles. The normalized spacial score (nSPS) is 23.3. The quantitative estimate of drug-likeness (QED) is 0.813. The van der Waals surface area contributed by atoms with Crippen LogP contribution in [0.1, 0.15) is 48.0 Å². The van der Waals surface area contributed by atoms with E-state index in [0.717, 1.165) is 25.3 Å². The van der Waals surface area contributed by atoms with Gasteiger partial charge in [-0.2, -0.15) is 0 Å². The van der Waals surface area contributed by atoms with Gasteiger partial charge in [0.2, 0.25) is 11.8 Å². The predicted molar refractivity (Wildman–Crippen MR) is 88.5 cm³/mol. The molecule has 3 aliphatic rings. The van der Waals surface area contributed by atoms with Crippen LogP contribution in [0.15, 0.2) is 6.07 Å². The van der Waals surface area contributed by atoms with Gasteiger partial charge in [-0.05, 0) is 31.7 Å². The lowest BCUT2D eigenvalue weighted by molar-refractivity contribution is -0.136. The molecule has 0 saturated carbocycles. The van der Waals surface area contributed by atoms with E-state index in [1.54, 1.807) is 4.90 Å². The van der Waals surface area contributed by atoms with Gasteiger partial charge < -0.3 is 9.80 Å². The molecule has 2 fully saturated rings. The summed E-state index contributed by atoms with van der Waals surface area (Å²) in [6.45, 7) is 1.07. The number of carbonyl (C=O) groups excluding carboxylic acids is 3. The SMILES string of the molecule is O=C1CCC(N2Cc3c(cc(F)c(N4CCCCC4)c3F)C2=O)C(=O)N1. The average molecular weight is 363 g/mol. The minimum atomic E-state index is -0.839. The highest BCUT2D eigenvalue weighted by Gasteiger charge is 2.41. The van der Waals surface area contributed by atoms with E-state index in [-0.39, 0.29) is 42.1 Å². The van der Waals surface area contributed by atoms with Crippen molar-refractivity contribution in [1.29, 1.82) is 0 Å². The van der Waals surface area contributed by atoms with E-state index in [9.17, 15) is 18.8 Å². The number of fused-ring (bicyclic) bond motifs is 1. The number of anilines is 1. The number of hydrogen-bond acceptors (Lipinski definition) is 4. The largest absolute Gasteiger partial charge is 0.367 e. The third-order valence-corrected chi connectivity index (χ3v) is 5.37. The van der Waals surface area contributed by atoms with Crippen LogP contribution in [0.25, 0.3) is 0 Å². The first kappa shape index (κ1) is 16.9. The Morgan fingerprint density at radius 3 is 2.50 bits per heavy atom. The van der Waals surface area contributed by atoms with Crippen LogP contribution in [0, 0.1) is 11.6 Å². The topological polar surface area (TPSA) is 69.7 Å². The fraction of sp³-hybridized carbons (Fsp3) is 0.500. The summed E-state index contributed by atoms with van der Waals surface area (Å²) in [5.41, 5.74) is 0.00788. The Bertz CT molecular complexity index is 805. The fourth-order valence-corrected chi connectivity index (χ4v) is 4.03. The molecular weight excluding hydrogens is 344 g/mol. The molecule has 4 rings (SSSR count). The lowest BCUT2D eigenvalue weighted by Gasteiger charge is -2.30. The molecule has 1 unspecified atom stereocenters. The van der Waals surface area contributed by atoms with Crippen LogP contribution in [0.2, 0.25) is 0 Å². The monoisotopic (exact) mass is 363 g/mol. The van der Waals surface area contributed by atoms with Gasteiger partial charge in [0.15, 0.2) is 5.82 Å². The van der Waals surface area contributed by atoms with Crippen molar-refractivity contribution in [3.63, 3.8) is 0 Å². The van der Waals surface area contributed by atoms with Crippen molar-refractivity contribution in [2.75, 3.05) is 18.0 Å². The summed E-state index contributed by atoms with van der Waals surface area (Å²) in [6.07, 6.45) is 3.08. The Morgan fingerprint density at radius 1 is 1.08 bits per heavy atom. The molecule has 138 valence electrons. The molecule has 0 spiro atoms. The molecule has 8 heteroatoms. The van der Waals surface area contributed by atoms with Crippen LogP contribution in [0.4, 0.5) is 14.5 Å². The Balaban J connectivity index is 1.67. The van der Waals surface area contributed by atoms with Gasteiger partial charge in [0.05, 0.1) is 12.1 Å². The summed E-state index contributed by atoms with van der Waals surface area (Å²) in [4.78, 5) is 38.9. The number of piperidine rings is 2. The molecule has 1 aromatic carbocycles. The van der Waals surface area contributed by atoms with Gasteiger partial charge >= 0.3 is 0 Å². The smallest absolute Gasteiger partial charge is 0.255 e. The predicted octanol–water partition coefficient (Wildman–Crippen LogP) is 1.72. The van der Waals surface area contributed by atoms with Crippen LogP contribution in [-0.2, 0) is 16.1 Å². The second kappa shape index (κ2) is 6.34. The Labute approximate surface area is 149 Å². The zero-order valence-electron chi connectivity index (χ0n) is 14.2. The van der Waals surface area contributed by atoms with E-state index in [0.29, 0.717) is 13.1 Å².